The first-order valence-electron chi connectivity index (χ1n) is 6.53. The molecule has 3 heteroatoms. The molecule has 2 nitrogen and oxygen atoms in total. The molecule has 0 amide bonds. The molecule has 0 spiro atoms. The number of ether oxygens (including phenoxy) is 1. The summed E-state index contributed by atoms with van der Waals surface area (Å²) in [6.45, 7) is 1.05. The van der Waals surface area contributed by atoms with Crippen molar-refractivity contribution in [3.05, 3.63) is 53.3 Å². The lowest BCUT2D eigenvalue weighted by Crippen LogP contribution is -2.09. The SMILES string of the molecule is NCc1ccc(-c2cccc3c2OCCC3)c(F)c1. The van der Waals surface area contributed by atoms with Crippen molar-refractivity contribution in [2.75, 3.05) is 6.61 Å². The minimum Gasteiger partial charge on any atom is -0.493 e. The predicted octanol–water partition coefficient (Wildman–Crippen LogP) is 3.28. The smallest absolute Gasteiger partial charge is 0.131 e. The minimum atomic E-state index is -0.245. The van der Waals surface area contributed by atoms with Gasteiger partial charge in [0.2, 0.25) is 0 Å². The summed E-state index contributed by atoms with van der Waals surface area (Å²) in [5.74, 6) is 0.582. The summed E-state index contributed by atoms with van der Waals surface area (Å²) in [5, 5.41) is 0. The van der Waals surface area contributed by atoms with Gasteiger partial charge in [0, 0.05) is 17.7 Å². The summed E-state index contributed by atoms with van der Waals surface area (Å²) in [4.78, 5) is 0. The molecule has 19 heavy (non-hydrogen) atoms. The molecule has 0 saturated heterocycles. The van der Waals surface area contributed by atoms with Gasteiger partial charge in [-0.05, 0) is 30.0 Å². The third-order valence-corrected chi connectivity index (χ3v) is 3.49. The van der Waals surface area contributed by atoms with Gasteiger partial charge in [0.1, 0.15) is 11.6 Å². The largest absolute Gasteiger partial charge is 0.493 e. The van der Waals surface area contributed by atoms with Crippen molar-refractivity contribution >= 4 is 0 Å². The first-order valence-corrected chi connectivity index (χ1v) is 6.53. The Morgan fingerprint density at radius 2 is 2.05 bits per heavy atom. The maximum atomic E-state index is 14.2. The van der Waals surface area contributed by atoms with Crippen molar-refractivity contribution in [2.24, 2.45) is 5.73 Å². The lowest BCUT2D eigenvalue weighted by Gasteiger charge is -2.20. The number of hydrogen-bond acceptors (Lipinski definition) is 2. The molecule has 2 aromatic carbocycles. The van der Waals surface area contributed by atoms with Crippen LogP contribution in [0.25, 0.3) is 11.1 Å². The van der Waals surface area contributed by atoms with Crippen LogP contribution in [-0.4, -0.2) is 6.61 Å². The Hall–Kier alpha value is -1.87. The fourth-order valence-corrected chi connectivity index (χ4v) is 2.51. The third kappa shape index (κ3) is 2.22. The second-order valence-electron chi connectivity index (χ2n) is 4.76. The van der Waals surface area contributed by atoms with Crippen LogP contribution in [0.5, 0.6) is 5.75 Å². The molecular weight excluding hydrogens is 241 g/mol. The minimum absolute atomic E-state index is 0.245. The van der Waals surface area contributed by atoms with E-state index in [4.69, 9.17) is 10.5 Å². The number of hydrogen-bond donors (Lipinski definition) is 1. The molecule has 0 aromatic heterocycles. The van der Waals surface area contributed by atoms with Gasteiger partial charge in [0.15, 0.2) is 0 Å². The molecule has 0 fully saturated rings. The molecule has 2 N–H and O–H groups in total. The van der Waals surface area contributed by atoms with Crippen molar-refractivity contribution in [3.8, 4) is 16.9 Å². The van der Waals surface area contributed by atoms with E-state index in [-0.39, 0.29) is 5.82 Å². The van der Waals surface area contributed by atoms with Gasteiger partial charge in [-0.25, -0.2) is 4.39 Å². The zero-order valence-corrected chi connectivity index (χ0v) is 10.7. The van der Waals surface area contributed by atoms with E-state index in [0.717, 1.165) is 35.3 Å². The molecule has 1 aliphatic heterocycles. The van der Waals surface area contributed by atoms with Crippen LogP contribution in [-0.2, 0) is 13.0 Å². The molecule has 2 aromatic rings. The number of nitrogens with two attached hydrogens (primary N) is 1. The summed E-state index contributed by atoms with van der Waals surface area (Å²) in [6.07, 6.45) is 2.01. The average molecular weight is 257 g/mol. The molecular formula is C16H16FNO. The van der Waals surface area contributed by atoms with Gasteiger partial charge in [-0.2, -0.15) is 0 Å². The van der Waals surface area contributed by atoms with E-state index in [1.165, 1.54) is 6.07 Å². The first-order chi connectivity index (χ1) is 9.29. The van der Waals surface area contributed by atoms with Crippen molar-refractivity contribution in [1.82, 2.24) is 0 Å². The quantitative estimate of drug-likeness (QED) is 0.896. The highest BCUT2D eigenvalue weighted by atomic mass is 19.1. The highest BCUT2D eigenvalue weighted by molar-refractivity contribution is 5.73. The van der Waals surface area contributed by atoms with Crippen LogP contribution in [0.2, 0.25) is 0 Å². The van der Waals surface area contributed by atoms with Gasteiger partial charge >= 0.3 is 0 Å². The van der Waals surface area contributed by atoms with E-state index in [1.807, 2.05) is 24.3 Å². The van der Waals surface area contributed by atoms with Crippen LogP contribution in [0, 0.1) is 5.82 Å². The van der Waals surface area contributed by atoms with Gasteiger partial charge in [0.05, 0.1) is 6.61 Å². The Morgan fingerprint density at radius 3 is 2.84 bits per heavy atom. The Kier molecular flexibility index (Phi) is 3.22. The summed E-state index contributed by atoms with van der Waals surface area (Å²) in [7, 11) is 0. The first kappa shape index (κ1) is 12.2. The van der Waals surface area contributed by atoms with Crippen LogP contribution in [0.1, 0.15) is 17.5 Å². The number of rotatable bonds is 2. The molecule has 0 atom stereocenters. The van der Waals surface area contributed by atoms with Gasteiger partial charge in [-0.15, -0.1) is 0 Å². The van der Waals surface area contributed by atoms with Gasteiger partial charge in [-0.1, -0.05) is 30.3 Å². The molecule has 0 unspecified atom stereocenters. The van der Waals surface area contributed by atoms with E-state index in [9.17, 15) is 4.39 Å². The van der Waals surface area contributed by atoms with Crippen LogP contribution >= 0.6 is 0 Å². The fraction of sp³-hybridized carbons (Fsp3) is 0.250. The summed E-state index contributed by atoms with van der Waals surface area (Å²) in [5.41, 5.74) is 8.89. The predicted molar refractivity (Wildman–Crippen MR) is 73.5 cm³/mol. The number of aryl methyl sites for hydroxylation is 1. The Morgan fingerprint density at radius 1 is 1.16 bits per heavy atom. The zero-order chi connectivity index (χ0) is 13.2. The molecule has 0 bridgehead atoms. The van der Waals surface area contributed by atoms with Crippen LogP contribution < -0.4 is 10.5 Å². The van der Waals surface area contributed by atoms with Crippen molar-refractivity contribution in [3.63, 3.8) is 0 Å². The number of fused-ring (bicyclic) bond motifs is 1. The Bertz CT molecular complexity index is 610. The van der Waals surface area contributed by atoms with E-state index >= 15 is 0 Å². The lowest BCUT2D eigenvalue weighted by molar-refractivity contribution is 0.289. The molecule has 1 aliphatic rings. The van der Waals surface area contributed by atoms with E-state index in [2.05, 4.69) is 0 Å². The molecule has 98 valence electrons. The zero-order valence-electron chi connectivity index (χ0n) is 10.7. The highest BCUT2D eigenvalue weighted by Gasteiger charge is 2.17. The number of para-hydroxylation sites is 1. The normalized spacial score (nSPS) is 13.8. The highest BCUT2D eigenvalue weighted by Crippen LogP contribution is 2.37. The second-order valence-corrected chi connectivity index (χ2v) is 4.76. The molecule has 0 radical (unpaired) electrons. The van der Waals surface area contributed by atoms with Crippen molar-refractivity contribution in [1.29, 1.82) is 0 Å². The summed E-state index contributed by atoms with van der Waals surface area (Å²) < 4.78 is 19.9. The van der Waals surface area contributed by atoms with Crippen LogP contribution in [0.4, 0.5) is 4.39 Å². The molecule has 0 saturated carbocycles. The van der Waals surface area contributed by atoms with Gasteiger partial charge in [0.25, 0.3) is 0 Å². The van der Waals surface area contributed by atoms with Gasteiger partial charge in [-0.3, -0.25) is 0 Å². The number of benzene rings is 2. The number of halogens is 1. The second kappa shape index (κ2) is 5.02. The maximum absolute atomic E-state index is 14.2. The van der Waals surface area contributed by atoms with E-state index in [1.54, 1.807) is 6.07 Å². The lowest BCUT2D eigenvalue weighted by atomic mass is 9.96. The van der Waals surface area contributed by atoms with Gasteiger partial charge < -0.3 is 10.5 Å². The van der Waals surface area contributed by atoms with Crippen LogP contribution in [0.3, 0.4) is 0 Å². The monoisotopic (exact) mass is 257 g/mol. The van der Waals surface area contributed by atoms with E-state index < -0.39 is 0 Å². The maximum Gasteiger partial charge on any atom is 0.131 e. The summed E-state index contributed by atoms with van der Waals surface area (Å²) >= 11 is 0. The Balaban J connectivity index is 2.12. The molecule has 0 aliphatic carbocycles. The standard InChI is InChI=1S/C16H16FNO/c17-15-9-11(10-18)6-7-13(15)14-5-1-3-12-4-2-8-19-16(12)14/h1,3,5-7,9H,2,4,8,10,18H2. The topological polar surface area (TPSA) is 35.2 Å². The third-order valence-electron chi connectivity index (χ3n) is 3.49. The molecule has 3 rings (SSSR count). The Labute approximate surface area is 112 Å². The summed E-state index contributed by atoms with van der Waals surface area (Å²) in [6, 6.07) is 11.1. The fourth-order valence-electron chi connectivity index (χ4n) is 2.51. The average Bonchev–Trinajstić information content (AvgIpc) is 2.46. The van der Waals surface area contributed by atoms with Crippen LogP contribution in [0.15, 0.2) is 36.4 Å². The van der Waals surface area contributed by atoms with Crippen molar-refractivity contribution in [2.45, 2.75) is 19.4 Å². The van der Waals surface area contributed by atoms with Crippen molar-refractivity contribution < 1.29 is 9.13 Å². The molecule has 1 heterocycles. The van der Waals surface area contributed by atoms with E-state index in [0.29, 0.717) is 18.7 Å².